The lowest BCUT2D eigenvalue weighted by Gasteiger charge is -2.29. The van der Waals surface area contributed by atoms with Crippen molar-refractivity contribution in [1.82, 2.24) is 10.2 Å². The van der Waals surface area contributed by atoms with E-state index in [9.17, 15) is 9.59 Å². The second kappa shape index (κ2) is 11.3. The summed E-state index contributed by atoms with van der Waals surface area (Å²) in [7, 11) is 0. The molecular weight excluding hydrogens is 436 g/mol. The summed E-state index contributed by atoms with van der Waals surface area (Å²) in [6.45, 7) is 6.89. The van der Waals surface area contributed by atoms with Gasteiger partial charge in [-0.2, -0.15) is 0 Å². The second-order valence-electron chi connectivity index (χ2n) is 7.06. The van der Waals surface area contributed by atoms with Gasteiger partial charge >= 0.3 is 0 Å². The van der Waals surface area contributed by atoms with Gasteiger partial charge in [-0.05, 0) is 42.7 Å². The molecule has 0 saturated carbocycles. The molecule has 0 bridgehead atoms. The Bertz CT molecular complexity index is 766. The molecule has 0 radical (unpaired) electrons. The SMILES string of the molecule is CC(C)CNC(=O)[C@H](C)N(Cc1ccc(Br)cc1)C(=O)CSc1ccccc1. The van der Waals surface area contributed by atoms with Crippen LogP contribution in [0.5, 0.6) is 0 Å². The van der Waals surface area contributed by atoms with E-state index in [-0.39, 0.29) is 11.8 Å². The van der Waals surface area contributed by atoms with Crippen molar-refractivity contribution in [3.8, 4) is 0 Å². The summed E-state index contributed by atoms with van der Waals surface area (Å²) in [6, 6.07) is 17.1. The van der Waals surface area contributed by atoms with Crippen LogP contribution in [0.15, 0.2) is 64.0 Å². The van der Waals surface area contributed by atoms with Crippen LogP contribution < -0.4 is 5.32 Å². The number of hydrogen-bond donors (Lipinski definition) is 1. The molecule has 6 heteroatoms. The van der Waals surface area contributed by atoms with Crippen LogP contribution in [0.4, 0.5) is 0 Å². The van der Waals surface area contributed by atoms with Crippen LogP contribution in [0.3, 0.4) is 0 Å². The minimum atomic E-state index is -0.536. The third-order valence-corrected chi connectivity index (χ3v) is 5.75. The summed E-state index contributed by atoms with van der Waals surface area (Å²) in [5.74, 6) is 0.482. The molecule has 0 spiro atoms. The fraction of sp³-hybridized carbons (Fsp3) is 0.364. The molecule has 150 valence electrons. The quantitative estimate of drug-likeness (QED) is 0.547. The highest BCUT2D eigenvalue weighted by molar-refractivity contribution is 9.10. The number of benzene rings is 2. The van der Waals surface area contributed by atoms with E-state index in [1.165, 1.54) is 11.8 Å². The Morgan fingerprint density at radius 1 is 1.04 bits per heavy atom. The lowest BCUT2D eigenvalue weighted by molar-refractivity contribution is -0.138. The summed E-state index contributed by atoms with van der Waals surface area (Å²) in [4.78, 5) is 28.3. The number of amides is 2. The van der Waals surface area contributed by atoms with Crippen LogP contribution in [0.2, 0.25) is 0 Å². The summed E-state index contributed by atoms with van der Waals surface area (Å²) < 4.78 is 0.983. The average Bonchev–Trinajstić information content (AvgIpc) is 2.70. The summed E-state index contributed by atoms with van der Waals surface area (Å²) in [5.41, 5.74) is 0.991. The molecule has 0 aromatic heterocycles. The first-order valence-corrected chi connectivity index (χ1v) is 11.1. The number of nitrogens with zero attached hydrogens (tertiary/aromatic N) is 1. The zero-order chi connectivity index (χ0) is 20.5. The molecule has 0 aliphatic carbocycles. The highest BCUT2D eigenvalue weighted by Gasteiger charge is 2.26. The summed E-state index contributed by atoms with van der Waals surface area (Å²) >= 11 is 4.92. The van der Waals surface area contributed by atoms with E-state index in [1.807, 2.05) is 68.4 Å². The molecule has 0 heterocycles. The van der Waals surface area contributed by atoms with Crippen LogP contribution in [0.25, 0.3) is 0 Å². The van der Waals surface area contributed by atoms with Crippen LogP contribution in [0.1, 0.15) is 26.3 Å². The first-order valence-electron chi connectivity index (χ1n) is 9.36. The Morgan fingerprint density at radius 2 is 1.68 bits per heavy atom. The largest absolute Gasteiger partial charge is 0.354 e. The Morgan fingerprint density at radius 3 is 2.29 bits per heavy atom. The van der Waals surface area contributed by atoms with Crippen molar-refractivity contribution in [1.29, 1.82) is 0 Å². The first kappa shape index (κ1) is 22.5. The van der Waals surface area contributed by atoms with E-state index in [4.69, 9.17) is 0 Å². The van der Waals surface area contributed by atoms with E-state index in [1.54, 1.807) is 11.8 Å². The van der Waals surface area contributed by atoms with Crippen molar-refractivity contribution in [3.05, 3.63) is 64.6 Å². The van der Waals surface area contributed by atoms with Gasteiger partial charge in [0.05, 0.1) is 5.75 Å². The minimum Gasteiger partial charge on any atom is -0.354 e. The molecule has 0 fully saturated rings. The van der Waals surface area contributed by atoms with Gasteiger partial charge in [-0.1, -0.05) is 60.1 Å². The van der Waals surface area contributed by atoms with Crippen molar-refractivity contribution in [2.75, 3.05) is 12.3 Å². The van der Waals surface area contributed by atoms with E-state index < -0.39 is 6.04 Å². The monoisotopic (exact) mass is 462 g/mol. The third-order valence-electron chi connectivity index (χ3n) is 4.22. The highest BCUT2D eigenvalue weighted by atomic mass is 79.9. The summed E-state index contributed by atoms with van der Waals surface area (Å²) in [5, 5.41) is 2.94. The van der Waals surface area contributed by atoms with Gasteiger partial charge in [-0.15, -0.1) is 11.8 Å². The Hall–Kier alpha value is -1.79. The lowest BCUT2D eigenvalue weighted by atomic mass is 10.1. The normalized spacial score (nSPS) is 11.9. The molecular formula is C22H27BrN2O2S. The van der Waals surface area contributed by atoms with Gasteiger partial charge in [0, 0.05) is 22.5 Å². The van der Waals surface area contributed by atoms with Gasteiger partial charge in [-0.25, -0.2) is 0 Å². The maximum absolute atomic E-state index is 13.0. The molecule has 2 amide bonds. The summed E-state index contributed by atoms with van der Waals surface area (Å²) in [6.07, 6.45) is 0. The maximum Gasteiger partial charge on any atom is 0.242 e. The Balaban J connectivity index is 2.10. The second-order valence-corrected chi connectivity index (χ2v) is 9.03. The van der Waals surface area contributed by atoms with Gasteiger partial charge in [0.1, 0.15) is 6.04 Å². The number of carbonyl (C=O) groups is 2. The van der Waals surface area contributed by atoms with Gasteiger partial charge < -0.3 is 10.2 Å². The van der Waals surface area contributed by atoms with Gasteiger partial charge in [0.25, 0.3) is 0 Å². The van der Waals surface area contributed by atoms with Crippen LogP contribution in [-0.2, 0) is 16.1 Å². The molecule has 0 saturated heterocycles. The predicted molar refractivity (Wildman–Crippen MR) is 119 cm³/mol. The molecule has 2 rings (SSSR count). The van der Waals surface area contributed by atoms with Crippen molar-refractivity contribution >= 4 is 39.5 Å². The number of thioether (sulfide) groups is 1. The number of hydrogen-bond acceptors (Lipinski definition) is 3. The minimum absolute atomic E-state index is 0.0519. The Kier molecular flexibility index (Phi) is 9.06. The van der Waals surface area contributed by atoms with Crippen molar-refractivity contribution in [3.63, 3.8) is 0 Å². The average molecular weight is 463 g/mol. The van der Waals surface area contributed by atoms with E-state index in [0.717, 1.165) is 14.9 Å². The highest BCUT2D eigenvalue weighted by Crippen LogP contribution is 2.20. The molecule has 2 aromatic rings. The zero-order valence-corrected chi connectivity index (χ0v) is 18.9. The molecule has 4 nitrogen and oxygen atoms in total. The van der Waals surface area contributed by atoms with E-state index in [2.05, 4.69) is 21.2 Å². The van der Waals surface area contributed by atoms with Gasteiger partial charge in [0.2, 0.25) is 11.8 Å². The molecule has 0 unspecified atom stereocenters. The number of rotatable bonds is 9. The van der Waals surface area contributed by atoms with Crippen molar-refractivity contribution < 1.29 is 9.59 Å². The molecule has 2 aromatic carbocycles. The zero-order valence-electron chi connectivity index (χ0n) is 16.5. The number of halogens is 1. The number of carbonyl (C=O) groups excluding carboxylic acids is 2. The van der Waals surface area contributed by atoms with Crippen LogP contribution in [-0.4, -0.2) is 35.1 Å². The molecule has 1 atom stereocenters. The molecule has 0 aliphatic heterocycles. The molecule has 0 aliphatic rings. The molecule has 28 heavy (non-hydrogen) atoms. The number of nitrogens with one attached hydrogen (secondary N) is 1. The van der Waals surface area contributed by atoms with Gasteiger partial charge in [0.15, 0.2) is 0 Å². The van der Waals surface area contributed by atoms with Crippen molar-refractivity contribution in [2.24, 2.45) is 5.92 Å². The lowest BCUT2D eigenvalue weighted by Crippen LogP contribution is -2.48. The van der Waals surface area contributed by atoms with Gasteiger partial charge in [-0.3, -0.25) is 9.59 Å². The van der Waals surface area contributed by atoms with E-state index >= 15 is 0 Å². The maximum atomic E-state index is 13.0. The van der Waals surface area contributed by atoms with E-state index in [0.29, 0.717) is 24.8 Å². The first-order chi connectivity index (χ1) is 13.4. The smallest absolute Gasteiger partial charge is 0.242 e. The third kappa shape index (κ3) is 7.32. The Labute approximate surface area is 180 Å². The topological polar surface area (TPSA) is 49.4 Å². The standard InChI is InChI=1S/C22H27BrN2O2S/c1-16(2)13-24-22(27)17(3)25(14-18-9-11-19(23)12-10-18)21(26)15-28-20-7-5-4-6-8-20/h4-12,16-17H,13-15H2,1-3H3,(H,24,27)/t17-/m0/s1. The van der Waals surface area contributed by atoms with Crippen LogP contribution >= 0.6 is 27.7 Å². The van der Waals surface area contributed by atoms with Crippen LogP contribution in [0, 0.1) is 5.92 Å². The fourth-order valence-corrected chi connectivity index (χ4v) is 3.64. The molecule has 1 N–H and O–H groups in total. The predicted octanol–water partition coefficient (Wildman–Crippen LogP) is 4.73. The fourth-order valence-electron chi connectivity index (χ4n) is 2.57. The van der Waals surface area contributed by atoms with Crippen molar-refractivity contribution in [2.45, 2.75) is 38.3 Å².